The Balaban J connectivity index is 2.02. The molecule has 1 aliphatic heterocycles. The molecule has 0 aromatic carbocycles. The number of anilines is 2. The Hall–Kier alpha value is -1.30. The molecule has 1 saturated heterocycles. The lowest BCUT2D eigenvalue weighted by atomic mass is 10.3. The summed E-state index contributed by atoms with van der Waals surface area (Å²) in [7, 11) is 2.10. The van der Waals surface area contributed by atoms with Crippen molar-refractivity contribution in [2.24, 2.45) is 0 Å². The zero-order valence-electron chi connectivity index (χ0n) is 7.60. The summed E-state index contributed by atoms with van der Waals surface area (Å²) in [6, 6.07) is 0.133. The minimum Gasteiger partial charge on any atom is -0.351 e. The Labute approximate surface area is 76.3 Å². The molecule has 1 fully saturated rings. The molecule has 0 spiro atoms. The highest BCUT2D eigenvalue weighted by atomic mass is 16.5. The fourth-order valence-electron chi connectivity index (χ4n) is 1.36. The zero-order valence-corrected chi connectivity index (χ0v) is 7.60. The Morgan fingerprint density at radius 3 is 2.54 bits per heavy atom. The molecule has 0 aliphatic carbocycles. The molecular formula is C7H13N5O. The van der Waals surface area contributed by atoms with E-state index in [4.69, 9.17) is 10.3 Å². The SMILES string of the molecule is CN1CCN(c2noc(N)n2)CC1. The van der Waals surface area contributed by atoms with Gasteiger partial charge in [-0.05, 0) is 12.2 Å². The van der Waals surface area contributed by atoms with Crippen molar-refractivity contribution in [3.05, 3.63) is 0 Å². The molecule has 0 amide bonds. The third-order valence-corrected chi connectivity index (χ3v) is 2.22. The quantitative estimate of drug-likeness (QED) is 0.627. The van der Waals surface area contributed by atoms with Crippen LogP contribution in [0.15, 0.2) is 4.52 Å². The predicted molar refractivity (Wildman–Crippen MR) is 48.4 cm³/mol. The van der Waals surface area contributed by atoms with Crippen molar-refractivity contribution >= 4 is 12.0 Å². The average molecular weight is 183 g/mol. The van der Waals surface area contributed by atoms with Gasteiger partial charge in [0.25, 0.3) is 5.95 Å². The van der Waals surface area contributed by atoms with Crippen molar-refractivity contribution in [2.45, 2.75) is 0 Å². The van der Waals surface area contributed by atoms with E-state index in [-0.39, 0.29) is 6.01 Å². The molecule has 2 heterocycles. The number of nitrogen functional groups attached to an aromatic ring is 1. The number of piperazine rings is 1. The van der Waals surface area contributed by atoms with Gasteiger partial charge in [-0.2, -0.15) is 4.98 Å². The monoisotopic (exact) mass is 183 g/mol. The van der Waals surface area contributed by atoms with E-state index < -0.39 is 0 Å². The maximum atomic E-state index is 5.34. The third-order valence-electron chi connectivity index (χ3n) is 2.22. The van der Waals surface area contributed by atoms with Crippen molar-refractivity contribution in [3.8, 4) is 0 Å². The molecule has 0 saturated carbocycles. The highest BCUT2D eigenvalue weighted by Gasteiger charge is 2.17. The first kappa shape index (κ1) is 8.31. The van der Waals surface area contributed by atoms with E-state index in [1.807, 2.05) is 0 Å². The lowest BCUT2D eigenvalue weighted by molar-refractivity contribution is 0.309. The summed E-state index contributed by atoms with van der Waals surface area (Å²) in [5, 5.41) is 3.76. The van der Waals surface area contributed by atoms with Crippen molar-refractivity contribution < 1.29 is 4.52 Å². The molecule has 1 aromatic heterocycles. The van der Waals surface area contributed by atoms with E-state index in [1.165, 1.54) is 0 Å². The Kier molecular flexibility index (Phi) is 2.05. The summed E-state index contributed by atoms with van der Waals surface area (Å²) in [5.74, 6) is 0.602. The van der Waals surface area contributed by atoms with Gasteiger partial charge in [0, 0.05) is 26.2 Å². The fourth-order valence-corrected chi connectivity index (χ4v) is 1.36. The van der Waals surface area contributed by atoms with Crippen LogP contribution in [0.2, 0.25) is 0 Å². The molecule has 6 nitrogen and oxygen atoms in total. The number of aromatic nitrogens is 2. The normalized spacial score (nSPS) is 19.3. The van der Waals surface area contributed by atoms with Crippen LogP contribution < -0.4 is 10.6 Å². The summed E-state index contributed by atoms with van der Waals surface area (Å²) in [4.78, 5) is 8.30. The second-order valence-electron chi connectivity index (χ2n) is 3.22. The van der Waals surface area contributed by atoms with E-state index in [0.29, 0.717) is 5.95 Å². The van der Waals surface area contributed by atoms with Gasteiger partial charge in [-0.25, -0.2) is 0 Å². The number of hydrogen-bond donors (Lipinski definition) is 1. The van der Waals surface area contributed by atoms with Gasteiger partial charge in [0.2, 0.25) is 0 Å². The predicted octanol–water partition coefficient (Wildman–Crippen LogP) is -0.596. The maximum Gasteiger partial charge on any atom is 0.320 e. The lowest BCUT2D eigenvalue weighted by Crippen LogP contribution is -2.44. The van der Waals surface area contributed by atoms with E-state index >= 15 is 0 Å². The summed E-state index contributed by atoms with van der Waals surface area (Å²) in [6.45, 7) is 3.90. The number of rotatable bonds is 1. The minimum atomic E-state index is 0.133. The molecule has 0 bridgehead atoms. The smallest absolute Gasteiger partial charge is 0.320 e. The standard InChI is InChI=1S/C7H13N5O/c1-11-2-4-12(5-3-11)7-9-6(8)13-10-7/h2-5H2,1H3,(H2,8,9,10). The van der Waals surface area contributed by atoms with Gasteiger partial charge < -0.3 is 20.1 Å². The molecule has 0 radical (unpaired) electrons. The molecule has 13 heavy (non-hydrogen) atoms. The molecule has 72 valence electrons. The van der Waals surface area contributed by atoms with Crippen LogP contribution >= 0.6 is 0 Å². The van der Waals surface area contributed by atoms with Gasteiger partial charge >= 0.3 is 6.01 Å². The van der Waals surface area contributed by atoms with Gasteiger partial charge in [0.15, 0.2) is 0 Å². The van der Waals surface area contributed by atoms with Gasteiger partial charge in [0.1, 0.15) is 0 Å². The van der Waals surface area contributed by atoms with Crippen molar-refractivity contribution in [2.75, 3.05) is 43.9 Å². The average Bonchev–Trinajstić information content (AvgIpc) is 2.53. The summed E-state index contributed by atoms with van der Waals surface area (Å²) < 4.78 is 4.71. The Morgan fingerprint density at radius 1 is 1.31 bits per heavy atom. The Bertz CT molecular complexity index is 278. The first-order valence-corrected chi connectivity index (χ1v) is 4.28. The van der Waals surface area contributed by atoms with Crippen LogP contribution in [0, 0.1) is 0 Å². The second-order valence-corrected chi connectivity index (χ2v) is 3.22. The highest BCUT2D eigenvalue weighted by molar-refractivity contribution is 5.32. The molecule has 2 N–H and O–H groups in total. The molecule has 6 heteroatoms. The summed E-state index contributed by atoms with van der Waals surface area (Å²) in [6.07, 6.45) is 0. The number of likely N-dealkylation sites (N-methyl/N-ethyl adjacent to an activating group) is 1. The molecule has 0 atom stereocenters. The van der Waals surface area contributed by atoms with E-state index in [9.17, 15) is 0 Å². The largest absolute Gasteiger partial charge is 0.351 e. The van der Waals surface area contributed by atoms with Crippen LogP contribution in [0.5, 0.6) is 0 Å². The summed E-state index contributed by atoms with van der Waals surface area (Å²) >= 11 is 0. The van der Waals surface area contributed by atoms with Gasteiger partial charge in [-0.3, -0.25) is 0 Å². The van der Waals surface area contributed by atoms with Crippen LogP contribution in [0.1, 0.15) is 0 Å². The lowest BCUT2D eigenvalue weighted by Gasteiger charge is -2.31. The number of hydrogen-bond acceptors (Lipinski definition) is 6. The van der Waals surface area contributed by atoms with Crippen molar-refractivity contribution in [3.63, 3.8) is 0 Å². The van der Waals surface area contributed by atoms with Crippen LogP contribution in [0.4, 0.5) is 12.0 Å². The topological polar surface area (TPSA) is 71.4 Å². The molecule has 1 aliphatic rings. The van der Waals surface area contributed by atoms with Crippen LogP contribution in [0.25, 0.3) is 0 Å². The zero-order chi connectivity index (χ0) is 9.26. The van der Waals surface area contributed by atoms with E-state index in [0.717, 1.165) is 26.2 Å². The molecular weight excluding hydrogens is 170 g/mol. The van der Waals surface area contributed by atoms with Gasteiger partial charge in [-0.15, -0.1) is 0 Å². The first-order chi connectivity index (χ1) is 6.25. The fraction of sp³-hybridized carbons (Fsp3) is 0.714. The first-order valence-electron chi connectivity index (χ1n) is 4.28. The second kappa shape index (κ2) is 3.21. The van der Waals surface area contributed by atoms with E-state index in [1.54, 1.807) is 0 Å². The van der Waals surface area contributed by atoms with E-state index in [2.05, 4.69) is 27.0 Å². The Morgan fingerprint density at radius 2 is 2.00 bits per heavy atom. The van der Waals surface area contributed by atoms with Crippen molar-refractivity contribution in [1.82, 2.24) is 15.0 Å². The van der Waals surface area contributed by atoms with Gasteiger partial charge in [-0.1, -0.05) is 0 Å². The third kappa shape index (κ3) is 1.72. The molecule has 1 aromatic rings. The van der Waals surface area contributed by atoms with Gasteiger partial charge in [0.05, 0.1) is 0 Å². The summed E-state index contributed by atoms with van der Waals surface area (Å²) in [5.41, 5.74) is 5.34. The number of nitrogens with zero attached hydrogens (tertiary/aromatic N) is 4. The van der Waals surface area contributed by atoms with Crippen LogP contribution in [0.3, 0.4) is 0 Å². The van der Waals surface area contributed by atoms with Crippen molar-refractivity contribution in [1.29, 1.82) is 0 Å². The molecule has 2 rings (SSSR count). The van der Waals surface area contributed by atoms with Crippen LogP contribution in [-0.2, 0) is 0 Å². The minimum absolute atomic E-state index is 0.133. The molecule has 0 unspecified atom stereocenters. The maximum absolute atomic E-state index is 5.34. The highest BCUT2D eigenvalue weighted by Crippen LogP contribution is 2.11. The number of nitrogens with two attached hydrogens (primary N) is 1. The van der Waals surface area contributed by atoms with Crippen LogP contribution in [-0.4, -0.2) is 48.3 Å².